The maximum atomic E-state index is 14.7. The van der Waals surface area contributed by atoms with Crippen LogP contribution in [0.3, 0.4) is 0 Å². The van der Waals surface area contributed by atoms with Crippen LogP contribution in [-0.2, 0) is 24.7 Å². The highest BCUT2D eigenvalue weighted by Gasteiger charge is 2.33. The summed E-state index contributed by atoms with van der Waals surface area (Å²) in [5, 5.41) is 5.91. The van der Waals surface area contributed by atoms with E-state index in [0.717, 1.165) is 37.8 Å². The number of ether oxygens (including phenoxy) is 1. The molecule has 45 heavy (non-hydrogen) atoms. The maximum Gasteiger partial charge on any atom is 0.419 e. The van der Waals surface area contributed by atoms with Crippen molar-refractivity contribution in [3.8, 4) is 16.5 Å². The number of nitrogens with one attached hydrogen (secondary N) is 2. The van der Waals surface area contributed by atoms with Crippen LogP contribution in [0.1, 0.15) is 41.8 Å². The number of nitrogens with zero attached hydrogens (tertiary/aromatic N) is 5. The Kier molecular flexibility index (Phi) is 8.63. The van der Waals surface area contributed by atoms with Crippen molar-refractivity contribution >= 4 is 40.7 Å². The van der Waals surface area contributed by atoms with Crippen LogP contribution in [0.4, 0.5) is 26.5 Å². The molecule has 11 nitrogen and oxygen atoms in total. The van der Waals surface area contributed by atoms with Crippen molar-refractivity contribution in [2.75, 3.05) is 37.3 Å². The minimum absolute atomic E-state index is 0.0347. The number of aromatic nitrogens is 3. The van der Waals surface area contributed by atoms with Gasteiger partial charge in [0.15, 0.2) is 22.5 Å². The molecule has 234 valence electrons. The second kappa shape index (κ2) is 12.8. The van der Waals surface area contributed by atoms with Crippen LogP contribution in [0.2, 0.25) is 0 Å². The van der Waals surface area contributed by atoms with Crippen molar-refractivity contribution in [1.82, 2.24) is 24.3 Å². The molecule has 1 unspecified atom stereocenters. The second-order valence-corrected chi connectivity index (χ2v) is 12.3. The number of carbonyl (C=O) groups is 2. The number of anilines is 3. The van der Waals surface area contributed by atoms with E-state index in [4.69, 9.17) is 4.74 Å². The van der Waals surface area contributed by atoms with Crippen LogP contribution < -0.4 is 20.9 Å². The summed E-state index contributed by atoms with van der Waals surface area (Å²) < 4.78 is 21.5. The number of thiophene rings is 1. The molecule has 1 aliphatic carbocycles. The zero-order valence-corrected chi connectivity index (χ0v) is 26.1. The van der Waals surface area contributed by atoms with E-state index in [0.29, 0.717) is 23.8 Å². The molecular formula is C32H34FN7O4S. The van der Waals surface area contributed by atoms with Gasteiger partial charge in [0.1, 0.15) is 11.7 Å². The van der Waals surface area contributed by atoms with E-state index in [9.17, 15) is 18.8 Å². The van der Waals surface area contributed by atoms with Gasteiger partial charge in [0.2, 0.25) is 5.91 Å². The molecule has 0 radical (unpaired) electrons. The number of hydrogen-bond donors (Lipinski definition) is 2. The van der Waals surface area contributed by atoms with Gasteiger partial charge in [0.05, 0.1) is 5.69 Å². The zero-order chi connectivity index (χ0) is 31.7. The third-order valence-electron chi connectivity index (χ3n) is 8.15. The van der Waals surface area contributed by atoms with E-state index in [1.807, 2.05) is 42.0 Å². The molecule has 4 heterocycles. The molecule has 6 rings (SSSR count). The average Bonchev–Trinajstić information content (AvgIpc) is 3.43. The Balaban J connectivity index is 1.19. The van der Waals surface area contributed by atoms with Crippen LogP contribution in [0.15, 0.2) is 53.5 Å². The number of hydrogen-bond acceptors (Lipinski definition) is 9. The summed E-state index contributed by atoms with van der Waals surface area (Å²) in [5.41, 5.74) is 2.79. The lowest BCUT2D eigenvalue weighted by Gasteiger charge is -2.38. The number of rotatable bonds is 7. The summed E-state index contributed by atoms with van der Waals surface area (Å²) in [7, 11) is 3.51. The van der Waals surface area contributed by atoms with Gasteiger partial charge in [0, 0.05) is 43.4 Å². The maximum absolute atomic E-state index is 14.7. The second-order valence-electron chi connectivity index (χ2n) is 11.2. The molecular weight excluding hydrogens is 597 g/mol. The minimum Gasteiger partial charge on any atom is -0.399 e. The number of fused-ring (bicyclic) bond motifs is 1. The molecule has 2 aliphatic rings. The van der Waals surface area contributed by atoms with Gasteiger partial charge in [-0.25, -0.2) is 19.2 Å². The molecule has 1 atom stereocenters. The third kappa shape index (κ3) is 6.45. The normalized spacial score (nSPS) is 16.8. The SMILES string of the molecule is CCN1CCN(C)C(c2ccc(Nc3nc(-c4ccc(F)c(NC(=O)Oc5cc6c(s5)CCCC6)n4)cn(C)c3=O)cc2)C1=O. The fourth-order valence-corrected chi connectivity index (χ4v) is 6.79. The van der Waals surface area contributed by atoms with Crippen molar-refractivity contribution in [2.24, 2.45) is 7.05 Å². The highest BCUT2D eigenvalue weighted by atomic mass is 32.1. The first-order valence-electron chi connectivity index (χ1n) is 14.9. The lowest BCUT2D eigenvalue weighted by molar-refractivity contribution is -0.140. The summed E-state index contributed by atoms with van der Waals surface area (Å²) in [6.07, 6.45) is 4.79. The van der Waals surface area contributed by atoms with Gasteiger partial charge in [-0.3, -0.25) is 19.8 Å². The number of likely N-dealkylation sites (N-methyl/N-ethyl adjacent to an activating group) is 2. The standard InChI is InChI=1S/C32H34FN7O4S/c1-4-40-16-15-38(2)27(30(40)41)19-9-11-21(12-10-19)34-29-31(42)39(3)18-24(36-29)23-14-13-22(33)28(35-23)37-32(43)44-26-17-20-7-5-6-8-25(20)45-26/h9-14,17-18,27H,4-8,15-16H2,1-3H3,(H,34,36)(H,35,37,43). The lowest BCUT2D eigenvalue weighted by Crippen LogP contribution is -2.50. The number of pyridine rings is 1. The van der Waals surface area contributed by atoms with Crippen molar-refractivity contribution < 1.29 is 18.7 Å². The zero-order valence-electron chi connectivity index (χ0n) is 25.3. The van der Waals surface area contributed by atoms with E-state index in [1.165, 1.54) is 44.7 Å². The minimum atomic E-state index is -0.847. The van der Waals surface area contributed by atoms with Crippen molar-refractivity contribution in [1.29, 1.82) is 0 Å². The number of piperazine rings is 1. The van der Waals surface area contributed by atoms with Gasteiger partial charge in [-0.2, -0.15) is 0 Å². The molecule has 1 aliphatic heterocycles. The van der Waals surface area contributed by atoms with Crippen molar-refractivity contribution in [3.63, 3.8) is 0 Å². The first-order valence-corrected chi connectivity index (χ1v) is 15.7. The molecule has 1 aromatic carbocycles. The van der Waals surface area contributed by atoms with Gasteiger partial charge < -0.3 is 19.5 Å². The van der Waals surface area contributed by atoms with Crippen LogP contribution >= 0.6 is 11.3 Å². The van der Waals surface area contributed by atoms with Gasteiger partial charge in [-0.1, -0.05) is 12.1 Å². The van der Waals surface area contributed by atoms with Crippen LogP contribution in [-0.4, -0.2) is 63.0 Å². The number of aryl methyl sites for hydroxylation is 3. The van der Waals surface area contributed by atoms with E-state index in [1.54, 1.807) is 19.2 Å². The van der Waals surface area contributed by atoms with E-state index < -0.39 is 11.9 Å². The fourth-order valence-electron chi connectivity index (χ4n) is 5.69. The molecule has 13 heteroatoms. The first-order chi connectivity index (χ1) is 21.7. The predicted molar refractivity (Wildman–Crippen MR) is 171 cm³/mol. The average molecular weight is 632 g/mol. The molecule has 1 fully saturated rings. The Morgan fingerprint density at radius 3 is 2.53 bits per heavy atom. The smallest absolute Gasteiger partial charge is 0.399 e. The summed E-state index contributed by atoms with van der Waals surface area (Å²) in [5.74, 6) is -0.959. The van der Waals surface area contributed by atoms with E-state index in [-0.39, 0.29) is 40.5 Å². The third-order valence-corrected chi connectivity index (χ3v) is 9.26. The Labute approximate surface area is 263 Å². The van der Waals surface area contributed by atoms with E-state index in [2.05, 4.69) is 20.6 Å². The number of benzene rings is 1. The predicted octanol–water partition coefficient (Wildman–Crippen LogP) is 5.11. The van der Waals surface area contributed by atoms with Gasteiger partial charge in [-0.05, 0) is 81.1 Å². The highest BCUT2D eigenvalue weighted by molar-refractivity contribution is 7.14. The molecule has 3 aromatic heterocycles. The van der Waals surface area contributed by atoms with Gasteiger partial charge >= 0.3 is 6.09 Å². The lowest BCUT2D eigenvalue weighted by atomic mass is 10.00. The molecule has 1 saturated heterocycles. The molecule has 0 saturated carbocycles. The number of halogens is 1. The molecule has 2 amide bonds. The van der Waals surface area contributed by atoms with E-state index >= 15 is 0 Å². The summed E-state index contributed by atoms with van der Waals surface area (Å²) in [4.78, 5) is 52.4. The summed E-state index contributed by atoms with van der Waals surface area (Å²) in [6.45, 7) is 4.12. The Bertz CT molecular complexity index is 1780. The van der Waals surface area contributed by atoms with Gasteiger partial charge in [-0.15, -0.1) is 11.3 Å². The topological polar surface area (TPSA) is 122 Å². The number of carbonyl (C=O) groups excluding carboxylic acids is 2. The highest BCUT2D eigenvalue weighted by Crippen LogP contribution is 2.35. The van der Waals surface area contributed by atoms with Gasteiger partial charge in [0.25, 0.3) is 5.56 Å². The van der Waals surface area contributed by atoms with Crippen LogP contribution in [0.25, 0.3) is 11.4 Å². The Morgan fingerprint density at radius 1 is 1.02 bits per heavy atom. The summed E-state index contributed by atoms with van der Waals surface area (Å²) in [6, 6.07) is 11.4. The number of amides is 2. The van der Waals surface area contributed by atoms with Crippen molar-refractivity contribution in [2.45, 2.75) is 38.6 Å². The fraction of sp³-hybridized carbons (Fsp3) is 0.344. The van der Waals surface area contributed by atoms with Crippen molar-refractivity contribution in [3.05, 3.63) is 80.8 Å². The van der Waals surface area contributed by atoms with Crippen LogP contribution in [0.5, 0.6) is 5.06 Å². The quantitative estimate of drug-likeness (QED) is 0.289. The summed E-state index contributed by atoms with van der Waals surface area (Å²) >= 11 is 1.43. The molecule has 0 spiro atoms. The van der Waals surface area contributed by atoms with Crippen LogP contribution in [0, 0.1) is 5.82 Å². The monoisotopic (exact) mass is 631 g/mol. The Hall–Kier alpha value is -4.62. The first kappa shape index (κ1) is 30.4. The molecule has 2 N–H and O–H groups in total. The molecule has 4 aromatic rings. The Morgan fingerprint density at radius 2 is 1.78 bits per heavy atom. The molecule has 0 bridgehead atoms. The largest absolute Gasteiger partial charge is 0.419 e.